The van der Waals surface area contributed by atoms with Gasteiger partial charge in [0.05, 0.1) is 5.69 Å². The molecule has 0 atom stereocenters. The second kappa shape index (κ2) is 4.92. The normalized spacial score (nSPS) is 11.3. The quantitative estimate of drug-likeness (QED) is 0.876. The fourth-order valence-electron chi connectivity index (χ4n) is 1.86. The second-order valence-corrected chi connectivity index (χ2v) is 5.63. The summed E-state index contributed by atoms with van der Waals surface area (Å²) < 4.78 is 0. The van der Waals surface area contributed by atoms with Gasteiger partial charge in [0.2, 0.25) is 5.95 Å². The molecule has 0 radical (unpaired) electrons. The van der Waals surface area contributed by atoms with E-state index in [9.17, 15) is 4.79 Å². The van der Waals surface area contributed by atoms with Crippen LogP contribution in [0.15, 0.2) is 30.3 Å². The Hall–Kier alpha value is -2.43. The van der Waals surface area contributed by atoms with Crippen molar-refractivity contribution in [3.8, 4) is 11.3 Å². The fraction of sp³-hybridized carbons (Fsp3) is 0.267. The molecule has 1 aromatic heterocycles. The zero-order chi connectivity index (χ0) is 14.9. The first-order valence-electron chi connectivity index (χ1n) is 6.26. The maximum atomic E-state index is 11.0. The monoisotopic (exact) mass is 271 g/mol. The van der Waals surface area contributed by atoms with Gasteiger partial charge in [0.15, 0.2) is 5.69 Å². The maximum Gasteiger partial charge on any atom is 0.354 e. The second-order valence-electron chi connectivity index (χ2n) is 5.63. The highest BCUT2D eigenvalue weighted by Crippen LogP contribution is 2.25. The van der Waals surface area contributed by atoms with Crippen molar-refractivity contribution >= 4 is 11.9 Å². The molecular weight excluding hydrogens is 254 g/mol. The van der Waals surface area contributed by atoms with Crippen molar-refractivity contribution in [2.75, 3.05) is 5.73 Å². The SMILES string of the molecule is CC(C)(C)c1ccc(-c2cc(C(=O)O)nc(N)n2)cc1. The van der Waals surface area contributed by atoms with Crippen molar-refractivity contribution in [1.82, 2.24) is 9.97 Å². The van der Waals surface area contributed by atoms with E-state index in [-0.39, 0.29) is 17.1 Å². The number of aromatic carboxylic acids is 1. The Labute approximate surface area is 117 Å². The van der Waals surface area contributed by atoms with Gasteiger partial charge in [0.1, 0.15) is 0 Å². The van der Waals surface area contributed by atoms with E-state index in [0.29, 0.717) is 5.69 Å². The summed E-state index contributed by atoms with van der Waals surface area (Å²) in [5.41, 5.74) is 8.03. The van der Waals surface area contributed by atoms with E-state index in [2.05, 4.69) is 30.7 Å². The fourth-order valence-corrected chi connectivity index (χ4v) is 1.86. The molecule has 104 valence electrons. The first-order valence-corrected chi connectivity index (χ1v) is 6.26. The average Bonchev–Trinajstić information content (AvgIpc) is 2.37. The number of carboxylic acids is 1. The van der Waals surface area contributed by atoms with Crippen LogP contribution < -0.4 is 5.73 Å². The van der Waals surface area contributed by atoms with Gasteiger partial charge in [-0.2, -0.15) is 0 Å². The summed E-state index contributed by atoms with van der Waals surface area (Å²) in [5, 5.41) is 8.99. The molecule has 0 aliphatic rings. The van der Waals surface area contributed by atoms with Crippen LogP contribution in [0, 0.1) is 0 Å². The molecule has 0 unspecified atom stereocenters. The highest BCUT2D eigenvalue weighted by atomic mass is 16.4. The van der Waals surface area contributed by atoms with Gasteiger partial charge in [0.25, 0.3) is 0 Å². The summed E-state index contributed by atoms with van der Waals surface area (Å²) in [6.07, 6.45) is 0. The molecule has 1 heterocycles. The molecule has 1 aromatic carbocycles. The lowest BCUT2D eigenvalue weighted by molar-refractivity contribution is 0.0690. The molecule has 0 saturated carbocycles. The van der Waals surface area contributed by atoms with Crippen LogP contribution in [0.4, 0.5) is 5.95 Å². The van der Waals surface area contributed by atoms with Crippen LogP contribution in [0.1, 0.15) is 36.8 Å². The number of nitrogen functional groups attached to an aromatic ring is 1. The summed E-state index contributed by atoms with van der Waals surface area (Å²) in [6, 6.07) is 9.26. The highest BCUT2D eigenvalue weighted by molar-refractivity contribution is 5.87. The average molecular weight is 271 g/mol. The van der Waals surface area contributed by atoms with Gasteiger partial charge >= 0.3 is 5.97 Å². The first-order chi connectivity index (χ1) is 9.27. The molecular formula is C15H17N3O2. The van der Waals surface area contributed by atoms with Gasteiger partial charge in [0, 0.05) is 5.56 Å². The van der Waals surface area contributed by atoms with Crippen molar-refractivity contribution in [3.05, 3.63) is 41.6 Å². The number of nitrogens with two attached hydrogens (primary N) is 1. The predicted molar refractivity (Wildman–Crippen MR) is 77.5 cm³/mol. The summed E-state index contributed by atoms with van der Waals surface area (Å²) >= 11 is 0. The van der Waals surface area contributed by atoms with Crippen LogP contribution in [0.5, 0.6) is 0 Å². The van der Waals surface area contributed by atoms with Crippen LogP contribution in [-0.4, -0.2) is 21.0 Å². The van der Waals surface area contributed by atoms with E-state index < -0.39 is 5.97 Å². The van der Waals surface area contributed by atoms with Gasteiger partial charge < -0.3 is 10.8 Å². The number of anilines is 1. The van der Waals surface area contributed by atoms with Crippen molar-refractivity contribution in [2.45, 2.75) is 26.2 Å². The van der Waals surface area contributed by atoms with Crippen molar-refractivity contribution < 1.29 is 9.90 Å². The summed E-state index contributed by atoms with van der Waals surface area (Å²) in [6.45, 7) is 6.40. The van der Waals surface area contributed by atoms with E-state index in [1.165, 1.54) is 11.6 Å². The van der Waals surface area contributed by atoms with E-state index in [1.54, 1.807) is 0 Å². The Kier molecular flexibility index (Phi) is 3.44. The molecule has 3 N–H and O–H groups in total. The number of carboxylic acid groups (broad SMARTS) is 1. The number of aromatic nitrogens is 2. The number of hydrogen-bond donors (Lipinski definition) is 2. The van der Waals surface area contributed by atoms with Crippen molar-refractivity contribution in [2.24, 2.45) is 0 Å². The summed E-state index contributed by atoms with van der Waals surface area (Å²) in [7, 11) is 0. The third-order valence-electron chi connectivity index (χ3n) is 3.01. The van der Waals surface area contributed by atoms with Gasteiger partial charge in [-0.05, 0) is 17.0 Å². The van der Waals surface area contributed by atoms with E-state index in [1.807, 2.05) is 24.3 Å². The number of nitrogens with zero attached hydrogens (tertiary/aromatic N) is 2. The third kappa shape index (κ3) is 2.93. The maximum absolute atomic E-state index is 11.0. The Bertz CT molecular complexity index is 643. The topological polar surface area (TPSA) is 89.1 Å². The van der Waals surface area contributed by atoms with Crippen LogP contribution >= 0.6 is 0 Å². The molecule has 0 aliphatic carbocycles. The van der Waals surface area contributed by atoms with Crippen LogP contribution in [0.2, 0.25) is 0 Å². The first kappa shape index (κ1) is 14.0. The lowest BCUT2D eigenvalue weighted by Gasteiger charge is -2.19. The summed E-state index contributed by atoms with van der Waals surface area (Å²) in [4.78, 5) is 18.7. The minimum Gasteiger partial charge on any atom is -0.477 e. The molecule has 0 bridgehead atoms. The molecule has 0 saturated heterocycles. The third-order valence-corrected chi connectivity index (χ3v) is 3.01. The zero-order valence-corrected chi connectivity index (χ0v) is 11.7. The number of rotatable bonds is 2. The minimum atomic E-state index is -1.12. The van der Waals surface area contributed by atoms with Gasteiger partial charge in [-0.25, -0.2) is 14.8 Å². The Morgan fingerprint density at radius 3 is 2.25 bits per heavy atom. The molecule has 0 spiro atoms. The lowest BCUT2D eigenvalue weighted by Crippen LogP contribution is -2.10. The summed E-state index contributed by atoms with van der Waals surface area (Å²) in [5.74, 6) is -1.16. The standard InChI is InChI=1S/C15H17N3O2/c1-15(2,3)10-6-4-9(5-7-10)11-8-12(13(19)20)18-14(16)17-11/h4-8H,1-3H3,(H,19,20)(H2,16,17,18). The molecule has 20 heavy (non-hydrogen) atoms. The zero-order valence-electron chi connectivity index (χ0n) is 11.7. The Balaban J connectivity index is 2.44. The van der Waals surface area contributed by atoms with E-state index in [0.717, 1.165) is 5.56 Å². The number of hydrogen-bond acceptors (Lipinski definition) is 4. The molecule has 0 amide bonds. The molecule has 2 aromatic rings. The van der Waals surface area contributed by atoms with Gasteiger partial charge in [-0.1, -0.05) is 45.0 Å². The lowest BCUT2D eigenvalue weighted by atomic mass is 9.86. The van der Waals surface area contributed by atoms with E-state index >= 15 is 0 Å². The number of carbonyl (C=O) groups is 1. The molecule has 5 heteroatoms. The van der Waals surface area contributed by atoms with Crippen molar-refractivity contribution in [3.63, 3.8) is 0 Å². The Morgan fingerprint density at radius 2 is 1.75 bits per heavy atom. The van der Waals surface area contributed by atoms with Crippen LogP contribution in [-0.2, 0) is 5.41 Å². The van der Waals surface area contributed by atoms with Crippen LogP contribution in [0.25, 0.3) is 11.3 Å². The van der Waals surface area contributed by atoms with Gasteiger partial charge in [-0.3, -0.25) is 0 Å². The minimum absolute atomic E-state index is 0.0419. The van der Waals surface area contributed by atoms with Crippen molar-refractivity contribution in [1.29, 1.82) is 0 Å². The molecule has 5 nitrogen and oxygen atoms in total. The predicted octanol–water partition coefficient (Wildman–Crippen LogP) is 2.72. The number of benzene rings is 1. The largest absolute Gasteiger partial charge is 0.477 e. The Morgan fingerprint density at radius 1 is 1.15 bits per heavy atom. The molecule has 0 aliphatic heterocycles. The molecule has 0 fully saturated rings. The van der Waals surface area contributed by atoms with Gasteiger partial charge in [-0.15, -0.1) is 0 Å². The highest BCUT2D eigenvalue weighted by Gasteiger charge is 2.14. The smallest absolute Gasteiger partial charge is 0.354 e. The molecule has 2 rings (SSSR count). The van der Waals surface area contributed by atoms with E-state index in [4.69, 9.17) is 10.8 Å². The van der Waals surface area contributed by atoms with Crippen LogP contribution in [0.3, 0.4) is 0 Å².